The summed E-state index contributed by atoms with van der Waals surface area (Å²) in [6, 6.07) is 2.09. The summed E-state index contributed by atoms with van der Waals surface area (Å²) in [5, 5.41) is 3.76. The Morgan fingerprint density at radius 3 is 2.90 bits per heavy atom. The number of thiophene rings is 1. The molecule has 4 nitrogen and oxygen atoms in total. The van der Waals surface area contributed by atoms with Gasteiger partial charge in [0.2, 0.25) is 0 Å². The molecule has 6 heteroatoms. The van der Waals surface area contributed by atoms with Crippen LogP contribution in [0.15, 0.2) is 14.6 Å². The molecule has 4 rings (SSSR count). The topological polar surface area (TPSA) is 57.8 Å². The minimum absolute atomic E-state index is 0.0297. The molecule has 0 radical (unpaired) electrons. The molecule has 1 saturated carbocycles. The van der Waals surface area contributed by atoms with Gasteiger partial charge < -0.3 is 10.3 Å². The van der Waals surface area contributed by atoms with Crippen LogP contribution in [0.4, 0.5) is 0 Å². The largest absolute Gasteiger partial charge is 0.308 e. The van der Waals surface area contributed by atoms with Crippen molar-refractivity contribution in [2.75, 3.05) is 0 Å². The zero-order valence-corrected chi connectivity index (χ0v) is 14.7. The van der Waals surface area contributed by atoms with Gasteiger partial charge in [-0.2, -0.15) is 0 Å². The first-order valence-corrected chi connectivity index (χ1v) is 8.88. The summed E-state index contributed by atoms with van der Waals surface area (Å²) in [6.45, 7) is 6.87. The molecule has 0 unspecified atom stereocenters. The predicted octanol–water partition coefficient (Wildman–Crippen LogP) is 3.59. The van der Waals surface area contributed by atoms with E-state index in [9.17, 15) is 4.79 Å². The maximum atomic E-state index is 12.2. The van der Waals surface area contributed by atoms with E-state index in [0.717, 1.165) is 21.5 Å². The van der Waals surface area contributed by atoms with Crippen LogP contribution in [0.5, 0.6) is 0 Å². The van der Waals surface area contributed by atoms with Crippen LogP contribution < -0.4 is 10.9 Å². The second-order valence-corrected chi connectivity index (χ2v) is 9.70. The number of hydrogen-bond donors (Lipinski definition) is 2. The second kappa shape index (κ2) is 4.18. The van der Waals surface area contributed by atoms with Crippen LogP contribution in [-0.4, -0.2) is 15.5 Å². The summed E-state index contributed by atoms with van der Waals surface area (Å²) in [5.74, 6) is 1.49. The molecule has 0 amide bonds. The van der Waals surface area contributed by atoms with E-state index in [2.05, 4.69) is 52.0 Å². The maximum absolute atomic E-state index is 12.2. The Balaban J connectivity index is 1.71. The molecular weight excluding hydrogens is 350 g/mol. The highest BCUT2D eigenvalue weighted by Crippen LogP contribution is 2.62. The lowest BCUT2D eigenvalue weighted by atomic mass is 9.83. The molecule has 1 saturated heterocycles. The minimum atomic E-state index is -0.0297. The average molecular weight is 368 g/mol. The van der Waals surface area contributed by atoms with Crippen LogP contribution in [0, 0.1) is 11.3 Å². The number of halogens is 1. The van der Waals surface area contributed by atoms with Gasteiger partial charge in [-0.15, -0.1) is 11.3 Å². The number of hydrogen-bond acceptors (Lipinski definition) is 4. The predicted molar refractivity (Wildman–Crippen MR) is 88.7 cm³/mol. The molecule has 1 aliphatic heterocycles. The number of aromatic nitrogens is 2. The normalized spacial score (nSPS) is 31.6. The molecular formula is C15H18BrN3OS. The molecule has 2 aromatic heterocycles. The molecule has 1 aliphatic carbocycles. The van der Waals surface area contributed by atoms with Gasteiger partial charge in [0.1, 0.15) is 10.5 Å². The van der Waals surface area contributed by atoms with Gasteiger partial charge in [-0.1, -0.05) is 20.8 Å². The van der Waals surface area contributed by atoms with E-state index in [1.54, 1.807) is 0 Å². The first-order valence-electron chi connectivity index (χ1n) is 7.27. The highest BCUT2D eigenvalue weighted by atomic mass is 79.9. The summed E-state index contributed by atoms with van der Waals surface area (Å²) in [7, 11) is 0. The molecule has 0 spiro atoms. The average Bonchev–Trinajstić information content (AvgIpc) is 2.78. The standard InChI is InChI=1S/C15H18BrN3OS/c1-14(2,3)15-6-7(15)4-9(19-15)12-17-8-5-10(16)21-11(8)13(20)18-12/h5,7,9,19H,4,6H2,1-3H3,(H,17,18,20)/t7-,9-,15-/m0/s1. The molecule has 2 aromatic rings. The Bertz CT molecular complexity index is 790. The van der Waals surface area contributed by atoms with Gasteiger partial charge in [0.05, 0.1) is 15.3 Å². The summed E-state index contributed by atoms with van der Waals surface area (Å²) in [5.41, 5.74) is 1.22. The Labute approximate surface area is 135 Å². The van der Waals surface area contributed by atoms with Gasteiger partial charge in [-0.05, 0) is 46.2 Å². The van der Waals surface area contributed by atoms with Crippen LogP contribution in [0.1, 0.15) is 45.5 Å². The molecule has 0 aromatic carbocycles. The van der Waals surface area contributed by atoms with Crippen molar-refractivity contribution < 1.29 is 0 Å². The number of piperidine rings is 1. The first-order chi connectivity index (χ1) is 9.80. The molecule has 2 N–H and O–H groups in total. The molecule has 2 aliphatic rings. The lowest BCUT2D eigenvalue weighted by molar-refractivity contribution is 0.244. The van der Waals surface area contributed by atoms with Gasteiger partial charge in [0, 0.05) is 5.54 Å². The van der Waals surface area contributed by atoms with Crippen molar-refractivity contribution in [2.24, 2.45) is 11.3 Å². The third kappa shape index (κ3) is 1.95. The zero-order valence-electron chi connectivity index (χ0n) is 12.3. The van der Waals surface area contributed by atoms with Gasteiger partial charge in [-0.3, -0.25) is 4.79 Å². The van der Waals surface area contributed by atoms with Gasteiger partial charge in [0.15, 0.2) is 0 Å². The maximum Gasteiger partial charge on any atom is 0.268 e. The Hall–Kier alpha value is -0.720. The minimum Gasteiger partial charge on any atom is -0.308 e. The third-order valence-electron chi connectivity index (χ3n) is 5.10. The van der Waals surface area contributed by atoms with Crippen LogP contribution in [0.3, 0.4) is 0 Å². The third-order valence-corrected chi connectivity index (χ3v) is 6.72. The molecule has 3 atom stereocenters. The Morgan fingerprint density at radius 1 is 1.48 bits per heavy atom. The van der Waals surface area contributed by atoms with E-state index in [1.807, 2.05) is 6.07 Å². The quantitative estimate of drug-likeness (QED) is 0.809. The molecule has 3 heterocycles. The van der Waals surface area contributed by atoms with E-state index in [1.165, 1.54) is 17.8 Å². The van der Waals surface area contributed by atoms with E-state index in [0.29, 0.717) is 10.6 Å². The van der Waals surface area contributed by atoms with Crippen molar-refractivity contribution in [3.05, 3.63) is 26.0 Å². The van der Waals surface area contributed by atoms with Crippen LogP contribution >= 0.6 is 27.3 Å². The lowest BCUT2D eigenvalue weighted by Crippen LogP contribution is -2.42. The van der Waals surface area contributed by atoms with E-state index in [4.69, 9.17) is 0 Å². The summed E-state index contributed by atoms with van der Waals surface area (Å²) in [4.78, 5) is 19.9. The fourth-order valence-corrected chi connectivity index (χ4v) is 5.28. The Kier molecular flexibility index (Phi) is 2.77. The highest BCUT2D eigenvalue weighted by Gasteiger charge is 2.65. The molecule has 0 bridgehead atoms. The number of nitrogens with one attached hydrogen (secondary N) is 2. The van der Waals surface area contributed by atoms with Crippen molar-refractivity contribution in [3.8, 4) is 0 Å². The summed E-state index contributed by atoms with van der Waals surface area (Å²) in [6.07, 6.45) is 2.31. The van der Waals surface area contributed by atoms with Gasteiger partial charge in [0.25, 0.3) is 5.56 Å². The van der Waals surface area contributed by atoms with Crippen molar-refractivity contribution >= 4 is 37.5 Å². The van der Waals surface area contributed by atoms with Crippen molar-refractivity contribution in [1.29, 1.82) is 0 Å². The van der Waals surface area contributed by atoms with E-state index in [-0.39, 0.29) is 22.6 Å². The monoisotopic (exact) mass is 367 g/mol. The van der Waals surface area contributed by atoms with Gasteiger partial charge in [-0.25, -0.2) is 4.98 Å². The second-order valence-electron chi connectivity index (χ2n) is 7.27. The number of H-pyrrole nitrogens is 1. The summed E-state index contributed by atoms with van der Waals surface area (Å²) < 4.78 is 1.64. The lowest BCUT2D eigenvalue weighted by Gasteiger charge is -2.31. The van der Waals surface area contributed by atoms with Crippen molar-refractivity contribution in [2.45, 2.75) is 45.2 Å². The highest BCUT2D eigenvalue weighted by molar-refractivity contribution is 9.11. The van der Waals surface area contributed by atoms with E-state index < -0.39 is 0 Å². The van der Waals surface area contributed by atoms with Crippen LogP contribution in [0.2, 0.25) is 0 Å². The number of rotatable bonds is 1. The smallest absolute Gasteiger partial charge is 0.268 e. The van der Waals surface area contributed by atoms with Crippen molar-refractivity contribution in [1.82, 2.24) is 15.3 Å². The van der Waals surface area contributed by atoms with Crippen LogP contribution in [0.25, 0.3) is 10.2 Å². The van der Waals surface area contributed by atoms with Crippen molar-refractivity contribution in [3.63, 3.8) is 0 Å². The fraction of sp³-hybridized carbons (Fsp3) is 0.600. The first kappa shape index (κ1) is 13.9. The number of fused-ring (bicyclic) bond motifs is 2. The molecule has 2 fully saturated rings. The number of aromatic amines is 1. The SMILES string of the molecule is CC(C)(C)[C@]12C[C@@H]1C[C@@H](c1nc3cc(Br)sc3c(=O)[nH]1)N2. The summed E-state index contributed by atoms with van der Waals surface area (Å²) >= 11 is 4.86. The Morgan fingerprint density at radius 2 is 2.24 bits per heavy atom. The van der Waals surface area contributed by atoms with Crippen LogP contribution in [-0.2, 0) is 0 Å². The molecule has 112 valence electrons. The molecule has 21 heavy (non-hydrogen) atoms. The number of nitrogens with zero attached hydrogens (tertiary/aromatic N) is 1. The fourth-order valence-electron chi connectivity index (χ4n) is 3.85. The van der Waals surface area contributed by atoms with Gasteiger partial charge >= 0.3 is 0 Å². The van der Waals surface area contributed by atoms with E-state index >= 15 is 0 Å². The zero-order chi connectivity index (χ0) is 15.0.